The average molecular weight is 616 g/mol. The Morgan fingerprint density at radius 1 is 0.889 bits per heavy atom. The first kappa shape index (κ1) is 32.7. The number of nitrogens with zero attached hydrogens (tertiary/aromatic N) is 4. The number of benzene rings is 2. The Balaban J connectivity index is 1.28. The lowest BCUT2D eigenvalue weighted by Gasteiger charge is -2.40. The van der Waals surface area contributed by atoms with Crippen molar-refractivity contribution in [2.45, 2.75) is 69.9 Å². The molecule has 0 spiro atoms. The largest absolute Gasteiger partial charge is 0.343 e. The van der Waals surface area contributed by atoms with E-state index in [0.717, 1.165) is 63.6 Å². The summed E-state index contributed by atoms with van der Waals surface area (Å²) in [7, 11) is 2.10. The predicted molar refractivity (Wildman–Crippen MR) is 174 cm³/mol. The van der Waals surface area contributed by atoms with E-state index in [0.29, 0.717) is 38.4 Å². The molecule has 3 saturated heterocycles. The summed E-state index contributed by atoms with van der Waals surface area (Å²) in [6.07, 6.45) is 7.66. The number of amides is 4. The molecular weight excluding hydrogens is 566 g/mol. The molecule has 0 bridgehead atoms. The number of likely N-dealkylation sites (tertiary alicyclic amines) is 2. The molecule has 3 aliphatic heterocycles. The van der Waals surface area contributed by atoms with Gasteiger partial charge in [-0.1, -0.05) is 60.7 Å². The quantitative estimate of drug-likeness (QED) is 0.396. The molecule has 242 valence electrons. The molecule has 0 radical (unpaired) electrons. The van der Waals surface area contributed by atoms with Gasteiger partial charge in [0.2, 0.25) is 23.6 Å². The number of carbonyl (C=O) groups excluding carboxylic acids is 4. The van der Waals surface area contributed by atoms with Gasteiger partial charge in [-0.3, -0.25) is 19.2 Å². The van der Waals surface area contributed by atoms with Gasteiger partial charge in [0, 0.05) is 32.6 Å². The Morgan fingerprint density at radius 2 is 1.58 bits per heavy atom. The van der Waals surface area contributed by atoms with Gasteiger partial charge in [0.25, 0.3) is 0 Å². The van der Waals surface area contributed by atoms with Gasteiger partial charge in [0.1, 0.15) is 18.6 Å². The number of piperazine rings is 1. The minimum Gasteiger partial charge on any atom is -0.343 e. The van der Waals surface area contributed by atoms with Gasteiger partial charge >= 0.3 is 0 Å². The molecule has 3 atom stereocenters. The normalized spacial score (nSPS) is 21.9. The van der Waals surface area contributed by atoms with E-state index >= 15 is 0 Å². The SMILES string of the molecule is CN1CCCC(C[C@H](NC(=O)CN2C(=O)CN(CCCc3ccccc3)C(=O)C2Cc2ccccc2)C(=O)N2CCCCC2)C1. The van der Waals surface area contributed by atoms with Crippen LogP contribution in [0.2, 0.25) is 0 Å². The molecule has 5 rings (SSSR count). The zero-order chi connectivity index (χ0) is 31.6. The van der Waals surface area contributed by atoms with Crippen molar-refractivity contribution in [1.82, 2.24) is 24.9 Å². The van der Waals surface area contributed by atoms with Crippen LogP contribution in [0.5, 0.6) is 0 Å². The topological polar surface area (TPSA) is 93.3 Å². The zero-order valence-electron chi connectivity index (χ0n) is 26.7. The van der Waals surface area contributed by atoms with E-state index < -0.39 is 12.1 Å². The summed E-state index contributed by atoms with van der Waals surface area (Å²) in [5.74, 6) is -0.464. The van der Waals surface area contributed by atoms with Gasteiger partial charge in [0.05, 0.1) is 6.54 Å². The van der Waals surface area contributed by atoms with Crippen LogP contribution in [0.15, 0.2) is 60.7 Å². The van der Waals surface area contributed by atoms with Crippen LogP contribution in [-0.4, -0.2) is 108 Å². The molecule has 1 N–H and O–H groups in total. The highest BCUT2D eigenvalue weighted by Gasteiger charge is 2.40. The number of aryl methyl sites for hydroxylation is 1. The van der Waals surface area contributed by atoms with Crippen LogP contribution in [-0.2, 0) is 32.0 Å². The van der Waals surface area contributed by atoms with Crippen LogP contribution in [0.25, 0.3) is 0 Å². The maximum absolute atomic E-state index is 13.9. The highest BCUT2D eigenvalue weighted by Crippen LogP contribution is 2.23. The molecule has 9 nitrogen and oxygen atoms in total. The maximum atomic E-state index is 13.9. The minimum absolute atomic E-state index is 0.0252. The number of rotatable bonds is 12. The average Bonchev–Trinajstić information content (AvgIpc) is 3.05. The Bertz CT molecular complexity index is 1280. The van der Waals surface area contributed by atoms with E-state index in [4.69, 9.17) is 0 Å². The summed E-state index contributed by atoms with van der Waals surface area (Å²) in [4.78, 5) is 62.1. The first-order valence-corrected chi connectivity index (χ1v) is 16.8. The minimum atomic E-state index is -0.778. The van der Waals surface area contributed by atoms with Crippen LogP contribution in [0, 0.1) is 5.92 Å². The van der Waals surface area contributed by atoms with Crippen molar-refractivity contribution in [3.05, 3.63) is 71.8 Å². The van der Waals surface area contributed by atoms with Gasteiger partial charge in [-0.2, -0.15) is 0 Å². The first-order chi connectivity index (χ1) is 21.9. The third-order valence-electron chi connectivity index (χ3n) is 9.53. The van der Waals surface area contributed by atoms with Gasteiger partial charge in [0.15, 0.2) is 0 Å². The van der Waals surface area contributed by atoms with Gasteiger partial charge in [-0.25, -0.2) is 0 Å². The van der Waals surface area contributed by atoms with E-state index in [-0.39, 0.29) is 36.7 Å². The summed E-state index contributed by atoms with van der Waals surface area (Å²) in [5.41, 5.74) is 2.13. The summed E-state index contributed by atoms with van der Waals surface area (Å²) in [5, 5.41) is 3.04. The fourth-order valence-corrected chi connectivity index (χ4v) is 7.14. The maximum Gasteiger partial charge on any atom is 0.246 e. The standard InChI is InChI=1S/C36H49N5O4/c1-38-19-11-18-30(25-38)23-31(35(44)39-20-9-4-10-21-39)37-33(42)26-41-32(24-29-15-7-3-8-16-29)36(45)40(27-34(41)43)22-12-17-28-13-5-2-6-14-28/h2-3,5-8,13-16,30-32H,4,9-12,17-27H2,1H3,(H,37,42)/t30?,31-,32?/m0/s1. The summed E-state index contributed by atoms with van der Waals surface area (Å²) < 4.78 is 0. The van der Waals surface area contributed by atoms with Crippen LogP contribution < -0.4 is 5.32 Å². The molecule has 0 saturated carbocycles. The van der Waals surface area contributed by atoms with E-state index in [1.165, 1.54) is 10.5 Å². The summed E-state index contributed by atoms with van der Waals surface area (Å²) in [6, 6.07) is 18.3. The highest BCUT2D eigenvalue weighted by atomic mass is 16.2. The molecule has 2 aromatic rings. The van der Waals surface area contributed by atoms with Crippen LogP contribution in [0.1, 0.15) is 56.1 Å². The molecule has 3 fully saturated rings. The molecule has 0 aliphatic carbocycles. The zero-order valence-corrected chi connectivity index (χ0v) is 26.7. The lowest BCUT2D eigenvalue weighted by molar-refractivity contribution is -0.157. The molecule has 2 unspecified atom stereocenters. The van der Waals surface area contributed by atoms with Crippen molar-refractivity contribution in [1.29, 1.82) is 0 Å². The second kappa shape index (κ2) is 16.0. The van der Waals surface area contributed by atoms with Crippen molar-refractivity contribution in [2.24, 2.45) is 5.92 Å². The van der Waals surface area contributed by atoms with Gasteiger partial charge in [-0.05, 0) is 82.0 Å². The number of hydrogen-bond acceptors (Lipinski definition) is 5. The number of hydrogen-bond donors (Lipinski definition) is 1. The van der Waals surface area contributed by atoms with E-state index in [9.17, 15) is 19.2 Å². The van der Waals surface area contributed by atoms with E-state index in [1.807, 2.05) is 53.4 Å². The smallest absolute Gasteiger partial charge is 0.246 e. The van der Waals surface area contributed by atoms with Crippen molar-refractivity contribution in [3.8, 4) is 0 Å². The fraction of sp³-hybridized carbons (Fsp3) is 0.556. The van der Waals surface area contributed by atoms with Crippen molar-refractivity contribution in [3.63, 3.8) is 0 Å². The van der Waals surface area contributed by atoms with Gasteiger partial charge < -0.3 is 24.9 Å². The van der Waals surface area contributed by atoms with Crippen LogP contribution in [0.3, 0.4) is 0 Å². The third kappa shape index (κ3) is 9.16. The molecule has 0 aromatic heterocycles. The monoisotopic (exact) mass is 615 g/mol. The van der Waals surface area contributed by atoms with Crippen LogP contribution in [0.4, 0.5) is 0 Å². The van der Waals surface area contributed by atoms with Crippen molar-refractivity contribution >= 4 is 23.6 Å². The number of nitrogens with one attached hydrogen (secondary N) is 1. The lowest BCUT2D eigenvalue weighted by Crippen LogP contribution is -2.63. The molecule has 2 aromatic carbocycles. The van der Waals surface area contributed by atoms with E-state index in [2.05, 4.69) is 29.4 Å². The highest BCUT2D eigenvalue weighted by molar-refractivity contribution is 5.97. The Morgan fingerprint density at radius 3 is 2.27 bits per heavy atom. The first-order valence-electron chi connectivity index (χ1n) is 16.8. The van der Waals surface area contributed by atoms with E-state index in [1.54, 1.807) is 4.90 Å². The molecule has 45 heavy (non-hydrogen) atoms. The molecule has 4 amide bonds. The third-order valence-corrected chi connectivity index (χ3v) is 9.53. The Labute approximate surface area is 267 Å². The fourth-order valence-electron chi connectivity index (χ4n) is 7.14. The predicted octanol–water partition coefficient (Wildman–Crippen LogP) is 3.13. The Kier molecular flexibility index (Phi) is 11.6. The lowest BCUT2D eigenvalue weighted by atomic mass is 9.90. The molecule has 9 heteroatoms. The molecular formula is C36H49N5O4. The second-order valence-electron chi connectivity index (χ2n) is 13.1. The number of piperidine rings is 2. The summed E-state index contributed by atoms with van der Waals surface area (Å²) in [6.45, 7) is 3.57. The Hall–Kier alpha value is -3.72. The summed E-state index contributed by atoms with van der Waals surface area (Å²) >= 11 is 0. The molecule has 3 aliphatic rings. The molecule has 3 heterocycles. The van der Waals surface area contributed by atoms with Crippen molar-refractivity contribution < 1.29 is 19.2 Å². The second-order valence-corrected chi connectivity index (χ2v) is 13.1. The van der Waals surface area contributed by atoms with Crippen LogP contribution >= 0.6 is 0 Å². The number of carbonyl (C=O) groups is 4. The van der Waals surface area contributed by atoms with Crippen molar-refractivity contribution in [2.75, 3.05) is 52.9 Å². The van der Waals surface area contributed by atoms with Gasteiger partial charge in [-0.15, -0.1) is 0 Å².